The van der Waals surface area contributed by atoms with Crippen LogP contribution in [0.3, 0.4) is 0 Å². The highest BCUT2D eigenvalue weighted by Crippen LogP contribution is 2.29. The van der Waals surface area contributed by atoms with Crippen LogP contribution < -0.4 is 5.32 Å². The average molecular weight is 377 g/mol. The smallest absolute Gasteiger partial charge is 0.344 e. The van der Waals surface area contributed by atoms with Crippen LogP contribution in [0.15, 0.2) is 47.4 Å². The van der Waals surface area contributed by atoms with Crippen LogP contribution in [0.1, 0.15) is 22.3 Å². The number of hydrogen-bond donors (Lipinski definition) is 1. The molecular formula is C20H18F3NOS. The van der Waals surface area contributed by atoms with Crippen LogP contribution in [0.4, 0.5) is 13.2 Å². The van der Waals surface area contributed by atoms with Gasteiger partial charge in [-0.25, -0.2) is 0 Å². The Morgan fingerprint density at radius 1 is 1.15 bits per heavy atom. The molecule has 2 rings (SSSR count). The highest BCUT2D eigenvalue weighted by molar-refractivity contribution is 8.00. The molecule has 0 unspecified atom stereocenters. The number of halogens is 3. The van der Waals surface area contributed by atoms with Crippen LogP contribution in [-0.2, 0) is 11.0 Å². The third kappa shape index (κ3) is 6.16. The molecule has 2 aromatic carbocycles. The second kappa shape index (κ2) is 8.81. The van der Waals surface area contributed by atoms with Crippen molar-refractivity contribution in [1.82, 2.24) is 5.32 Å². The minimum Gasteiger partial charge on any atom is -0.344 e. The normalized spacial score (nSPS) is 10.8. The van der Waals surface area contributed by atoms with Crippen LogP contribution in [0.5, 0.6) is 0 Å². The molecule has 0 bridgehead atoms. The van der Waals surface area contributed by atoms with Gasteiger partial charge in [-0.2, -0.15) is 13.2 Å². The van der Waals surface area contributed by atoms with Crippen molar-refractivity contribution >= 4 is 17.7 Å². The SMILES string of the molecule is Cc1ccc(SCC(=O)NCC#Cc2cccc(C(F)(F)F)c2)c(C)c1. The molecule has 0 saturated carbocycles. The molecule has 1 N–H and O–H groups in total. The van der Waals surface area contributed by atoms with Crippen molar-refractivity contribution in [1.29, 1.82) is 0 Å². The Hall–Kier alpha value is -2.39. The molecule has 0 aliphatic heterocycles. The molecule has 136 valence electrons. The van der Waals surface area contributed by atoms with E-state index in [-0.39, 0.29) is 23.8 Å². The van der Waals surface area contributed by atoms with Gasteiger partial charge in [0.15, 0.2) is 0 Å². The zero-order valence-electron chi connectivity index (χ0n) is 14.4. The number of amides is 1. The first-order valence-corrected chi connectivity index (χ1v) is 8.87. The van der Waals surface area contributed by atoms with Gasteiger partial charge >= 0.3 is 6.18 Å². The molecule has 26 heavy (non-hydrogen) atoms. The third-order valence-corrected chi connectivity index (χ3v) is 4.66. The van der Waals surface area contributed by atoms with E-state index in [0.29, 0.717) is 0 Å². The molecule has 6 heteroatoms. The second-order valence-electron chi connectivity index (χ2n) is 5.71. The summed E-state index contributed by atoms with van der Waals surface area (Å²) in [7, 11) is 0. The Kier molecular flexibility index (Phi) is 6.76. The highest BCUT2D eigenvalue weighted by atomic mass is 32.2. The predicted octanol–water partition coefficient (Wildman–Crippen LogP) is 4.58. The Balaban J connectivity index is 1.83. The fourth-order valence-electron chi connectivity index (χ4n) is 2.22. The summed E-state index contributed by atoms with van der Waals surface area (Å²) in [4.78, 5) is 12.9. The van der Waals surface area contributed by atoms with Gasteiger partial charge in [0, 0.05) is 10.5 Å². The van der Waals surface area contributed by atoms with Crippen molar-refractivity contribution in [2.75, 3.05) is 12.3 Å². The quantitative estimate of drug-likeness (QED) is 0.624. The number of carbonyl (C=O) groups is 1. The first-order chi connectivity index (χ1) is 12.3. The van der Waals surface area contributed by atoms with Gasteiger partial charge in [-0.3, -0.25) is 4.79 Å². The third-order valence-electron chi connectivity index (χ3n) is 3.49. The fourth-order valence-corrected chi connectivity index (χ4v) is 3.06. The first-order valence-electron chi connectivity index (χ1n) is 7.88. The summed E-state index contributed by atoms with van der Waals surface area (Å²) in [5.74, 6) is 5.39. The Labute approximate surface area is 155 Å². The zero-order chi connectivity index (χ0) is 19.2. The molecule has 0 spiro atoms. The highest BCUT2D eigenvalue weighted by Gasteiger charge is 2.30. The molecule has 1 amide bonds. The second-order valence-corrected chi connectivity index (χ2v) is 6.73. The minimum absolute atomic E-state index is 0.0858. The molecule has 0 radical (unpaired) electrons. The average Bonchev–Trinajstić information content (AvgIpc) is 2.57. The van der Waals surface area contributed by atoms with Crippen molar-refractivity contribution in [3.05, 3.63) is 64.7 Å². The topological polar surface area (TPSA) is 29.1 Å². The van der Waals surface area contributed by atoms with Gasteiger partial charge in [0.05, 0.1) is 17.9 Å². The van der Waals surface area contributed by atoms with Gasteiger partial charge in [0.1, 0.15) is 0 Å². The number of nitrogens with one attached hydrogen (secondary N) is 1. The standard InChI is InChI=1S/C20H18F3NOS/c1-14-8-9-18(15(2)11-14)26-13-19(25)24-10-4-6-16-5-3-7-17(12-16)20(21,22)23/h3,5,7-9,11-12H,10,13H2,1-2H3,(H,24,25). The van der Waals surface area contributed by atoms with Gasteiger partial charge in [-0.05, 0) is 43.7 Å². The number of rotatable bonds is 4. The van der Waals surface area contributed by atoms with Crippen LogP contribution in [0, 0.1) is 25.7 Å². The lowest BCUT2D eigenvalue weighted by Gasteiger charge is -2.06. The Morgan fingerprint density at radius 2 is 1.92 bits per heavy atom. The number of benzene rings is 2. The number of alkyl halides is 3. The molecule has 0 aliphatic carbocycles. The van der Waals surface area contributed by atoms with E-state index in [9.17, 15) is 18.0 Å². The summed E-state index contributed by atoms with van der Waals surface area (Å²) in [6.07, 6.45) is -4.39. The molecule has 0 aliphatic rings. The number of thioether (sulfide) groups is 1. The first kappa shape index (κ1) is 19.9. The van der Waals surface area contributed by atoms with E-state index >= 15 is 0 Å². The number of aryl methyl sites for hydroxylation is 2. The lowest BCUT2D eigenvalue weighted by atomic mass is 10.1. The molecule has 0 atom stereocenters. The maximum atomic E-state index is 12.6. The Bertz CT molecular complexity index is 850. The van der Waals surface area contributed by atoms with Gasteiger partial charge in [0.25, 0.3) is 0 Å². The maximum absolute atomic E-state index is 12.6. The van der Waals surface area contributed by atoms with Gasteiger partial charge in [-0.15, -0.1) is 11.8 Å². The van der Waals surface area contributed by atoms with E-state index in [1.54, 1.807) is 0 Å². The summed E-state index contributed by atoms with van der Waals surface area (Å²) in [5.41, 5.74) is 1.81. The molecule has 2 nitrogen and oxygen atoms in total. The predicted molar refractivity (Wildman–Crippen MR) is 98.0 cm³/mol. The molecule has 0 saturated heterocycles. The maximum Gasteiger partial charge on any atom is 0.416 e. The van der Waals surface area contributed by atoms with Crippen LogP contribution >= 0.6 is 11.8 Å². The summed E-state index contributed by atoms with van der Waals surface area (Å²) in [6, 6.07) is 10.8. The molecule has 0 fully saturated rings. The molecular weight excluding hydrogens is 359 g/mol. The summed E-state index contributed by atoms with van der Waals surface area (Å²) >= 11 is 1.44. The monoisotopic (exact) mass is 377 g/mol. The summed E-state index contributed by atoms with van der Waals surface area (Å²) in [6.45, 7) is 4.09. The van der Waals surface area contributed by atoms with E-state index in [2.05, 4.69) is 23.2 Å². The fraction of sp³-hybridized carbons (Fsp3) is 0.250. The van der Waals surface area contributed by atoms with Crippen molar-refractivity contribution in [3.63, 3.8) is 0 Å². The van der Waals surface area contributed by atoms with Crippen molar-refractivity contribution < 1.29 is 18.0 Å². The number of carbonyl (C=O) groups excluding carboxylic acids is 1. The lowest BCUT2D eigenvalue weighted by molar-refractivity contribution is -0.137. The summed E-state index contributed by atoms with van der Waals surface area (Å²) < 4.78 is 37.9. The van der Waals surface area contributed by atoms with Gasteiger partial charge in [-0.1, -0.05) is 35.6 Å². The van der Waals surface area contributed by atoms with E-state index in [4.69, 9.17) is 0 Å². The van der Waals surface area contributed by atoms with Gasteiger partial charge in [0.2, 0.25) is 5.91 Å². The van der Waals surface area contributed by atoms with E-state index in [1.165, 1.54) is 29.5 Å². The minimum atomic E-state index is -4.39. The van der Waals surface area contributed by atoms with E-state index < -0.39 is 11.7 Å². The number of hydrogen-bond acceptors (Lipinski definition) is 2. The molecule has 0 heterocycles. The van der Waals surface area contributed by atoms with Gasteiger partial charge < -0.3 is 5.32 Å². The molecule has 2 aromatic rings. The summed E-state index contributed by atoms with van der Waals surface area (Å²) in [5, 5.41) is 2.64. The Morgan fingerprint density at radius 3 is 2.62 bits per heavy atom. The van der Waals surface area contributed by atoms with E-state index in [0.717, 1.165) is 22.6 Å². The lowest BCUT2D eigenvalue weighted by Crippen LogP contribution is -2.25. The van der Waals surface area contributed by atoms with Crippen molar-refractivity contribution in [2.24, 2.45) is 0 Å². The van der Waals surface area contributed by atoms with Crippen LogP contribution in [0.25, 0.3) is 0 Å². The van der Waals surface area contributed by atoms with E-state index in [1.807, 2.05) is 26.0 Å². The largest absolute Gasteiger partial charge is 0.416 e. The van der Waals surface area contributed by atoms with Crippen molar-refractivity contribution in [2.45, 2.75) is 24.9 Å². The molecule has 0 aromatic heterocycles. The van der Waals surface area contributed by atoms with Crippen LogP contribution in [0.2, 0.25) is 0 Å². The van der Waals surface area contributed by atoms with Crippen LogP contribution in [-0.4, -0.2) is 18.2 Å². The zero-order valence-corrected chi connectivity index (χ0v) is 15.2. The van der Waals surface area contributed by atoms with Crippen molar-refractivity contribution in [3.8, 4) is 11.8 Å².